The first-order valence-corrected chi connectivity index (χ1v) is 9.92. The summed E-state index contributed by atoms with van der Waals surface area (Å²) in [5.41, 5.74) is 5.52. The number of amides is 2. The van der Waals surface area contributed by atoms with Crippen molar-refractivity contribution in [3.8, 4) is 0 Å². The van der Waals surface area contributed by atoms with E-state index >= 15 is 0 Å². The molecular formula is C19H17N5O7S. The van der Waals surface area contributed by atoms with Crippen LogP contribution in [-0.2, 0) is 9.59 Å². The van der Waals surface area contributed by atoms with Crippen LogP contribution in [0.1, 0.15) is 32.9 Å². The highest BCUT2D eigenvalue weighted by Gasteiger charge is 2.21. The maximum Gasteiger partial charge on any atom is 0.326 e. The lowest BCUT2D eigenvalue weighted by Crippen LogP contribution is -2.41. The second-order valence-corrected chi connectivity index (χ2v) is 7.64. The van der Waals surface area contributed by atoms with Crippen molar-refractivity contribution in [1.29, 1.82) is 0 Å². The molecule has 1 atom stereocenters. The zero-order valence-electron chi connectivity index (χ0n) is 16.2. The Balaban J connectivity index is 1.67. The highest BCUT2D eigenvalue weighted by molar-refractivity contribution is 7.20. The average Bonchev–Trinajstić information content (AvgIpc) is 3.15. The quantitative estimate of drug-likeness (QED) is 0.282. The molecule has 0 saturated carbocycles. The van der Waals surface area contributed by atoms with Crippen LogP contribution in [0.25, 0.3) is 10.2 Å². The molecule has 3 rings (SSSR count). The summed E-state index contributed by atoms with van der Waals surface area (Å²) in [6.07, 6.45) is -0.670. The number of benzene rings is 1. The largest absolute Gasteiger partial charge is 0.481 e. The Morgan fingerprint density at radius 2 is 1.81 bits per heavy atom. The second kappa shape index (κ2) is 9.26. The molecule has 0 aliphatic heterocycles. The minimum absolute atomic E-state index is 0.0572. The van der Waals surface area contributed by atoms with E-state index in [9.17, 15) is 24.0 Å². The van der Waals surface area contributed by atoms with Crippen LogP contribution < -0.4 is 21.9 Å². The first-order valence-electron chi connectivity index (χ1n) is 9.10. The summed E-state index contributed by atoms with van der Waals surface area (Å²) >= 11 is 0.992. The maximum atomic E-state index is 12.5. The highest BCUT2D eigenvalue weighted by Crippen LogP contribution is 2.22. The molecule has 0 fully saturated rings. The van der Waals surface area contributed by atoms with Gasteiger partial charge in [-0.25, -0.2) is 9.78 Å². The Morgan fingerprint density at radius 3 is 2.44 bits per heavy atom. The van der Waals surface area contributed by atoms with E-state index in [1.54, 1.807) is 0 Å². The lowest BCUT2D eigenvalue weighted by atomic mass is 10.1. The predicted octanol–water partition coefficient (Wildman–Crippen LogP) is 0.867. The van der Waals surface area contributed by atoms with E-state index in [0.717, 1.165) is 11.3 Å². The molecule has 2 heterocycles. The number of fused-ring (bicyclic) bond motifs is 1. The fraction of sp³-hybridized carbons (Fsp3) is 0.158. The van der Waals surface area contributed by atoms with Crippen molar-refractivity contribution in [3.63, 3.8) is 0 Å². The summed E-state index contributed by atoms with van der Waals surface area (Å²) in [6.45, 7) is 0. The number of anilines is 2. The molecule has 12 nitrogen and oxygen atoms in total. The molecule has 0 saturated heterocycles. The van der Waals surface area contributed by atoms with E-state index in [4.69, 9.17) is 15.9 Å². The molecule has 13 heteroatoms. The molecule has 0 bridgehead atoms. The third-order valence-electron chi connectivity index (χ3n) is 4.30. The van der Waals surface area contributed by atoms with Gasteiger partial charge in [-0.3, -0.25) is 24.2 Å². The van der Waals surface area contributed by atoms with Crippen LogP contribution in [0.2, 0.25) is 0 Å². The lowest BCUT2D eigenvalue weighted by molar-refractivity contribution is -0.140. The van der Waals surface area contributed by atoms with Crippen molar-refractivity contribution < 1.29 is 29.4 Å². The third-order valence-corrected chi connectivity index (χ3v) is 5.33. The molecule has 2 aromatic heterocycles. The molecule has 2 amide bonds. The normalized spacial score (nSPS) is 11.6. The number of carboxylic acids is 2. The number of nitrogens with two attached hydrogens (primary N) is 1. The number of aromatic nitrogens is 2. The van der Waals surface area contributed by atoms with E-state index in [2.05, 4.69) is 20.6 Å². The van der Waals surface area contributed by atoms with Crippen molar-refractivity contribution >= 4 is 56.9 Å². The maximum absolute atomic E-state index is 12.5. The van der Waals surface area contributed by atoms with E-state index in [-0.39, 0.29) is 28.2 Å². The number of aromatic amines is 1. The molecule has 0 unspecified atom stereocenters. The minimum Gasteiger partial charge on any atom is -0.481 e. The van der Waals surface area contributed by atoms with Crippen LogP contribution in [0, 0.1) is 0 Å². The smallest absolute Gasteiger partial charge is 0.326 e. The van der Waals surface area contributed by atoms with Crippen molar-refractivity contribution in [2.24, 2.45) is 0 Å². The molecule has 0 radical (unpaired) electrons. The Kier molecular flexibility index (Phi) is 6.49. The molecule has 3 aromatic rings. The predicted molar refractivity (Wildman–Crippen MR) is 115 cm³/mol. The van der Waals surface area contributed by atoms with Crippen molar-refractivity contribution in [2.75, 3.05) is 11.1 Å². The first-order chi connectivity index (χ1) is 15.1. The van der Waals surface area contributed by atoms with Crippen LogP contribution in [0.15, 0.2) is 35.1 Å². The summed E-state index contributed by atoms with van der Waals surface area (Å²) in [7, 11) is 0. The topological polar surface area (TPSA) is 205 Å². The van der Waals surface area contributed by atoms with Gasteiger partial charge in [-0.05, 0) is 36.8 Å². The number of hydrogen-bond acceptors (Lipinski definition) is 8. The van der Waals surface area contributed by atoms with Crippen LogP contribution >= 0.6 is 11.3 Å². The standard InChI is InChI=1S/C19H17N5O7S/c20-19-23-15(28)10-7-12(32-17(10)24-19)16(29)21-9-3-1-8(2-4-9)14(27)22-11(18(30)31)5-6-13(25)26/h1-4,7,11H,5-6H2,(H,21,29)(H,22,27)(H,25,26)(H,30,31)(H3,20,23,24,28)/t11-/m0/s1. The molecule has 32 heavy (non-hydrogen) atoms. The highest BCUT2D eigenvalue weighted by atomic mass is 32.1. The minimum atomic E-state index is -1.35. The summed E-state index contributed by atoms with van der Waals surface area (Å²) < 4.78 is 0. The van der Waals surface area contributed by atoms with Gasteiger partial charge in [0.25, 0.3) is 17.4 Å². The number of carbonyl (C=O) groups excluding carboxylic acids is 2. The second-order valence-electron chi connectivity index (χ2n) is 6.61. The third kappa shape index (κ3) is 5.26. The fourth-order valence-corrected chi connectivity index (χ4v) is 3.66. The van der Waals surface area contributed by atoms with Gasteiger partial charge in [-0.15, -0.1) is 11.3 Å². The van der Waals surface area contributed by atoms with Crippen molar-refractivity contribution in [1.82, 2.24) is 15.3 Å². The zero-order valence-corrected chi connectivity index (χ0v) is 17.1. The van der Waals surface area contributed by atoms with E-state index < -0.39 is 41.8 Å². The molecular weight excluding hydrogens is 442 g/mol. The van der Waals surface area contributed by atoms with Gasteiger partial charge in [0.15, 0.2) is 0 Å². The Hall–Kier alpha value is -4.26. The lowest BCUT2D eigenvalue weighted by Gasteiger charge is -2.13. The Labute approximate surface area is 183 Å². The monoisotopic (exact) mass is 459 g/mol. The number of rotatable bonds is 8. The van der Waals surface area contributed by atoms with Gasteiger partial charge >= 0.3 is 11.9 Å². The van der Waals surface area contributed by atoms with Crippen molar-refractivity contribution in [2.45, 2.75) is 18.9 Å². The van der Waals surface area contributed by atoms with Crippen LogP contribution in [-0.4, -0.2) is 50.0 Å². The van der Waals surface area contributed by atoms with Crippen LogP contribution in [0.4, 0.5) is 11.6 Å². The van der Waals surface area contributed by atoms with E-state index in [1.807, 2.05) is 0 Å². The number of aliphatic carboxylic acids is 2. The number of carboxylic acid groups (broad SMARTS) is 2. The summed E-state index contributed by atoms with van der Waals surface area (Å²) in [6, 6.07) is 5.67. The molecule has 166 valence electrons. The van der Waals surface area contributed by atoms with Crippen LogP contribution in [0.3, 0.4) is 0 Å². The summed E-state index contributed by atoms with van der Waals surface area (Å²) in [4.78, 5) is 65.3. The van der Waals surface area contributed by atoms with Gasteiger partial charge in [-0.1, -0.05) is 0 Å². The number of nitrogens with one attached hydrogen (secondary N) is 3. The number of carbonyl (C=O) groups is 4. The number of H-pyrrole nitrogens is 1. The Bertz CT molecular complexity index is 1270. The average molecular weight is 459 g/mol. The van der Waals surface area contributed by atoms with E-state index in [1.165, 1.54) is 30.3 Å². The van der Waals surface area contributed by atoms with Gasteiger partial charge in [-0.2, -0.15) is 0 Å². The van der Waals surface area contributed by atoms with Gasteiger partial charge in [0.2, 0.25) is 5.95 Å². The van der Waals surface area contributed by atoms with Crippen molar-refractivity contribution in [3.05, 3.63) is 51.1 Å². The van der Waals surface area contributed by atoms with Gasteiger partial charge in [0.1, 0.15) is 10.9 Å². The molecule has 7 N–H and O–H groups in total. The first kappa shape index (κ1) is 22.4. The van der Waals surface area contributed by atoms with Crippen LogP contribution in [0.5, 0.6) is 0 Å². The molecule has 0 spiro atoms. The number of thiophene rings is 1. The molecule has 0 aliphatic rings. The zero-order chi connectivity index (χ0) is 23.4. The molecule has 0 aliphatic carbocycles. The number of nitrogen functional groups attached to an aromatic ring is 1. The number of hydrogen-bond donors (Lipinski definition) is 6. The summed E-state index contributed by atoms with van der Waals surface area (Å²) in [5.74, 6) is -3.77. The van der Waals surface area contributed by atoms with Gasteiger partial charge < -0.3 is 26.6 Å². The Morgan fingerprint density at radius 1 is 1.12 bits per heavy atom. The van der Waals surface area contributed by atoms with Gasteiger partial charge in [0.05, 0.1) is 10.3 Å². The number of nitrogens with zero attached hydrogens (tertiary/aromatic N) is 1. The van der Waals surface area contributed by atoms with Gasteiger partial charge in [0, 0.05) is 17.7 Å². The molecule has 1 aromatic carbocycles. The van der Waals surface area contributed by atoms with E-state index in [0.29, 0.717) is 10.5 Å². The fourth-order valence-electron chi connectivity index (χ4n) is 2.72. The summed E-state index contributed by atoms with van der Waals surface area (Å²) in [5, 5.41) is 22.9. The SMILES string of the molecule is Nc1nc2sc(C(=O)Nc3ccc(C(=O)N[C@@H](CCC(=O)O)C(=O)O)cc3)cc2c(=O)[nH]1.